The monoisotopic (exact) mass is 475 g/mol. The van der Waals surface area contributed by atoms with Gasteiger partial charge < -0.3 is 9.47 Å². The van der Waals surface area contributed by atoms with Crippen molar-refractivity contribution in [2.75, 3.05) is 18.1 Å². The number of rotatable bonds is 9. The zero-order valence-corrected chi connectivity index (χ0v) is 20.0. The van der Waals surface area contributed by atoms with Crippen LogP contribution in [0.4, 0.5) is 5.69 Å². The summed E-state index contributed by atoms with van der Waals surface area (Å²) in [5.74, 6) is 1.58. The molecular weight excluding hydrogens is 450 g/mol. The summed E-state index contributed by atoms with van der Waals surface area (Å²) >= 11 is 6.74. The number of benzene rings is 3. The van der Waals surface area contributed by atoms with Crippen molar-refractivity contribution in [2.24, 2.45) is 0 Å². The maximum absolute atomic E-state index is 12.8. The molecule has 0 aliphatic carbocycles. The SMILES string of the molecule is CCc1ccc(OCCCOc2ccc(C=C3SC(=S)N(c4ccccc4)C3=O)cc2)cc1. The van der Waals surface area contributed by atoms with E-state index < -0.39 is 0 Å². The van der Waals surface area contributed by atoms with Gasteiger partial charge in [-0.15, -0.1) is 0 Å². The molecule has 1 saturated heterocycles. The van der Waals surface area contributed by atoms with Gasteiger partial charge in [0.05, 0.1) is 23.8 Å². The first-order chi connectivity index (χ1) is 16.1. The predicted octanol–water partition coefficient (Wildman–Crippen LogP) is 6.50. The van der Waals surface area contributed by atoms with Crippen molar-refractivity contribution in [3.8, 4) is 11.5 Å². The molecule has 168 valence electrons. The Morgan fingerprint density at radius 3 is 2.09 bits per heavy atom. The molecule has 0 bridgehead atoms. The summed E-state index contributed by atoms with van der Waals surface area (Å²) in [5.41, 5.74) is 3.01. The Balaban J connectivity index is 1.26. The van der Waals surface area contributed by atoms with Gasteiger partial charge in [0.15, 0.2) is 4.32 Å². The van der Waals surface area contributed by atoms with Crippen LogP contribution >= 0.6 is 24.0 Å². The molecule has 0 N–H and O–H groups in total. The number of ether oxygens (including phenoxy) is 2. The van der Waals surface area contributed by atoms with Crippen LogP contribution in [0.15, 0.2) is 83.8 Å². The average molecular weight is 476 g/mol. The standard InChI is InChI=1S/C27H25NO3S2/c1-2-20-9-13-23(14-10-20)30-17-6-18-31-24-15-11-21(12-16-24)19-25-26(29)28(27(32)33-25)22-7-4-3-5-8-22/h3-5,7-16,19H,2,6,17-18H2,1H3. The number of anilines is 1. The van der Waals surface area contributed by atoms with E-state index in [1.165, 1.54) is 17.3 Å². The first-order valence-corrected chi connectivity index (χ1v) is 12.1. The fourth-order valence-electron chi connectivity index (χ4n) is 3.34. The minimum Gasteiger partial charge on any atom is -0.493 e. The highest BCUT2D eigenvalue weighted by atomic mass is 32.2. The number of hydrogen-bond acceptors (Lipinski definition) is 5. The highest BCUT2D eigenvalue weighted by Gasteiger charge is 2.33. The lowest BCUT2D eigenvalue weighted by Gasteiger charge is -2.13. The summed E-state index contributed by atoms with van der Waals surface area (Å²) in [5, 5.41) is 0. The van der Waals surface area contributed by atoms with Crippen molar-refractivity contribution >= 4 is 46.0 Å². The summed E-state index contributed by atoms with van der Waals surface area (Å²) in [7, 11) is 0. The molecule has 6 heteroatoms. The molecule has 1 fully saturated rings. The summed E-state index contributed by atoms with van der Waals surface area (Å²) < 4.78 is 12.1. The van der Waals surface area contributed by atoms with Crippen LogP contribution in [0, 0.1) is 0 Å². The van der Waals surface area contributed by atoms with E-state index in [9.17, 15) is 4.79 Å². The molecule has 4 rings (SSSR count). The Hall–Kier alpha value is -3.09. The summed E-state index contributed by atoms with van der Waals surface area (Å²) in [6, 6.07) is 25.4. The molecule has 0 atom stereocenters. The molecule has 0 unspecified atom stereocenters. The number of aryl methyl sites for hydroxylation is 1. The normalized spacial score (nSPS) is 14.7. The minimum absolute atomic E-state index is 0.0964. The number of carbonyl (C=O) groups is 1. The summed E-state index contributed by atoms with van der Waals surface area (Å²) in [4.78, 5) is 15.0. The lowest BCUT2D eigenvalue weighted by Crippen LogP contribution is -2.27. The first kappa shape index (κ1) is 23.1. The van der Waals surface area contributed by atoms with Gasteiger partial charge in [0.25, 0.3) is 5.91 Å². The molecule has 3 aromatic carbocycles. The lowest BCUT2D eigenvalue weighted by atomic mass is 10.2. The Morgan fingerprint density at radius 1 is 0.879 bits per heavy atom. The van der Waals surface area contributed by atoms with Crippen molar-refractivity contribution in [3.63, 3.8) is 0 Å². The molecule has 4 nitrogen and oxygen atoms in total. The van der Waals surface area contributed by atoms with Crippen LogP contribution in [0.5, 0.6) is 11.5 Å². The first-order valence-electron chi connectivity index (χ1n) is 10.9. The summed E-state index contributed by atoms with van der Waals surface area (Å²) in [6.07, 6.45) is 3.68. The van der Waals surface area contributed by atoms with E-state index in [0.29, 0.717) is 22.4 Å². The fourth-order valence-corrected chi connectivity index (χ4v) is 4.64. The average Bonchev–Trinajstić information content (AvgIpc) is 3.13. The molecule has 0 aromatic heterocycles. The largest absolute Gasteiger partial charge is 0.493 e. The van der Waals surface area contributed by atoms with Crippen LogP contribution in [0.25, 0.3) is 6.08 Å². The van der Waals surface area contributed by atoms with E-state index in [1.54, 1.807) is 4.90 Å². The van der Waals surface area contributed by atoms with E-state index in [0.717, 1.165) is 35.6 Å². The zero-order valence-electron chi connectivity index (χ0n) is 18.4. The topological polar surface area (TPSA) is 38.8 Å². The van der Waals surface area contributed by atoms with E-state index >= 15 is 0 Å². The Bertz CT molecular complexity index is 1130. The number of para-hydroxylation sites is 1. The highest BCUT2D eigenvalue weighted by Crippen LogP contribution is 2.36. The van der Waals surface area contributed by atoms with Crippen LogP contribution in [-0.2, 0) is 11.2 Å². The second kappa shape index (κ2) is 11.2. The van der Waals surface area contributed by atoms with Crippen molar-refractivity contribution in [3.05, 3.63) is 94.9 Å². The van der Waals surface area contributed by atoms with Crippen molar-refractivity contribution in [1.82, 2.24) is 0 Å². The lowest BCUT2D eigenvalue weighted by molar-refractivity contribution is -0.113. The third-order valence-electron chi connectivity index (χ3n) is 5.14. The van der Waals surface area contributed by atoms with Gasteiger partial charge in [-0.1, -0.05) is 73.4 Å². The fraction of sp³-hybridized carbons (Fsp3) is 0.185. The van der Waals surface area contributed by atoms with E-state index in [1.807, 2.05) is 72.8 Å². The number of hydrogen-bond donors (Lipinski definition) is 0. The second-order valence-electron chi connectivity index (χ2n) is 7.47. The van der Waals surface area contributed by atoms with Crippen LogP contribution in [-0.4, -0.2) is 23.4 Å². The molecule has 0 radical (unpaired) electrons. The highest BCUT2D eigenvalue weighted by molar-refractivity contribution is 8.27. The molecule has 1 heterocycles. The maximum Gasteiger partial charge on any atom is 0.270 e. The van der Waals surface area contributed by atoms with Gasteiger partial charge in [-0.05, 0) is 60.0 Å². The molecule has 0 saturated carbocycles. The number of nitrogens with zero attached hydrogens (tertiary/aromatic N) is 1. The van der Waals surface area contributed by atoms with Gasteiger partial charge in [-0.2, -0.15) is 0 Å². The van der Waals surface area contributed by atoms with Gasteiger partial charge >= 0.3 is 0 Å². The van der Waals surface area contributed by atoms with Crippen LogP contribution in [0.2, 0.25) is 0 Å². The Morgan fingerprint density at radius 2 is 1.48 bits per heavy atom. The second-order valence-corrected chi connectivity index (χ2v) is 9.15. The zero-order chi connectivity index (χ0) is 23.0. The van der Waals surface area contributed by atoms with Crippen LogP contribution in [0.3, 0.4) is 0 Å². The smallest absolute Gasteiger partial charge is 0.270 e. The Kier molecular flexibility index (Phi) is 7.81. The molecule has 0 spiro atoms. The number of thioether (sulfide) groups is 1. The third-order valence-corrected chi connectivity index (χ3v) is 6.45. The van der Waals surface area contributed by atoms with Crippen molar-refractivity contribution in [1.29, 1.82) is 0 Å². The van der Waals surface area contributed by atoms with E-state index in [2.05, 4.69) is 19.1 Å². The predicted molar refractivity (Wildman–Crippen MR) is 140 cm³/mol. The van der Waals surface area contributed by atoms with Gasteiger partial charge in [0.1, 0.15) is 11.5 Å². The molecule has 1 amide bonds. The van der Waals surface area contributed by atoms with Gasteiger partial charge in [-0.3, -0.25) is 9.69 Å². The van der Waals surface area contributed by atoms with Gasteiger partial charge in [-0.25, -0.2) is 0 Å². The maximum atomic E-state index is 12.8. The number of thiocarbonyl (C=S) groups is 1. The van der Waals surface area contributed by atoms with E-state index in [-0.39, 0.29) is 5.91 Å². The van der Waals surface area contributed by atoms with Crippen LogP contribution in [0.1, 0.15) is 24.5 Å². The molecular formula is C27H25NO3S2. The van der Waals surface area contributed by atoms with E-state index in [4.69, 9.17) is 21.7 Å². The Labute approximate surface area is 204 Å². The molecule has 1 aliphatic heterocycles. The number of amides is 1. The summed E-state index contributed by atoms with van der Waals surface area (Å²) in [6.45, 7) is 3.31. The van der Waals surface area contributed by atoms with Gasteiger partial charge in [0.2, 0.25) is 0 Å². The van der Waals surface area contributed by atoms with Gasteiger partial charge in [0, 0.05) is 6.42 Å². The van der Waals surface area contributed by atoms with Crippen molar-refractivity contribution < 1.29 is 14.3 Å². The molecule has 33 heavy (non-hydrogen) atoms. The minimum atomic E-state index is -0.0964. The third kappa shape index (κ3) is 6.03. The molecule has 3 aromatic rings. The number of carbonyl (C=O) groups excluding carboxylic acids is 1. The molecule has 1 aliphatic rings. The quantitative estimate of drug-likeness (QED) is 0.201. The van der Waals surface area contributed by atoms with Crippen molar-refractivity contribution in [2.45, 2.75) is 19.8 Å². The van der Waals surface area contributed by atoms with Crippen LogP contribution < -0.4 is 14.4 Å².